The number of nitrogens with zero attached hydrogens (tertiary/aromatic N) is 3. The minimum atomic E-state index is -4.53. The quantitative estimate of drug-likeness (QED) is 0.844. The van der Waals surface area contributed by atoms with E-state index in [0.717, 1.165) is 18.5 Å². The number of alkyl halides is 3. The molecule has 2 aromatic rings. The number of hydrogen-bond acceptors (Lipinski definition) is 4. The second-order valence-corrected chi connectivity index (χ2v) is 6.18. The fraction of sp³-hybridized carbons (Fsp3) is 0.444. The van der Waals surface area contributed by atoms with Crippen molar-refractivity contribution < 1.29 is 17.9 Å². The van der Waals surface area contributed by atoms with Crippen LogP contribution < -0.4 is 0 Å². The van der Waals surface area contributed by atoms with Gasteiger partial charge in [-0.1, -0.05) is 30.3 Å². The lowest BCUT2D eigenvalue weighted by Gasteiger charge is -2.24. The van der Waals surface area contributed by atoms with E-state index in [1.165, 1.54) is 0 Å². The number of ether oxygens (including phenoxy) is 1. The molecule has 1 saturated heterocycles. The molecule has 1 unspecified atom stereocenters. The third-order valence-corrected chi connectivity index (χ3v) is 4.08. The van der Waals surface area contributed by atoms with Gasteiger partial charge in [0, 0.05) is 31.9 Å². The first kappa shape index (κ1) is 17.8. The molecule has 0 amide bonds. The maximum atomic E-state index is 12.9. The summed E-state index contributed by atoms with van der Waals surface area (Å²) in [6.45, 7) is 3.91. The fourth-order valence-electron chi connectivity index (χ4n) is 2.98. The Kier molecular flexibility index (Phi) is 5.34. The van der Waals surface area contributed by atoms with E-state index in [1.54, 1.807) is 13.0 Å². The highest BCUT2D eigenvalue weighted by Crippen LogP contribution is 2.27. The summed E-state index contributed by atoms with van der Waals surface area (Å²) in [4.78, 5) is 9.30. The van der Waals surface area contributed by atoms with Gasteiger partial charge < -0.3 is 4.74 Å². The monoisotopic (exact) mass is 351 g/mol. The third-order valence-electron chi connectivity index (χ3n) is 4.08. The van der Waals surface area contributed by atoms with Crippen molar-refractivity contribution in [2.45, 2.75) is 32.2 Å². The summed E-state index contributed by atoms with van der Waals surface area (Å²) < 4.78 is 44.7. The Morgan fingerprint density at radius 2 is 1.96 bits per heavy atom. The Morgan fingerprint density at radius 3 is 2.68 bits per heavy atom. The van der Waals surface area contributed by atoms with Crippen LogP contribution in [0.5, 0.6) is 0 Å². The molecule has 3 rings (SSSR count). The van der Waals surface area contributed by atoms with Crippen LogP contribution in [0.25, 0.3) is 0 Å². The highest BCUT2D eigenvalue weighted by molar-refractivity contribution is 5.18. The Bertz CT molecular complexity index is 706. The molecule has 1 atom stereocenters. The first-order chi connectivity index (χ1) is 11.9. The average Bonchev–Trinajstić information content (AvgIpc) is 2.80. The second kappa shape index (κ2) is 7.49. The van der Waals surface area contributed by atoms with Crippen LogP contribution >= 0.6 is 0 Å². The molecule has 1 aromatic heterocycles. The number of aromatic nitrogens is 2. The zero-order valence-corrected chi connectivity index (χ0v) is 14.0. The molecular formula is C18H20F3N3O. The molecule has 1 aromatic carbocycles. The minimum absolute atomic E-state index is 0.0891. The van der Waals surface area contributed by atoms with Crippen molar-refractivity contribution in [2.24, 2.45) is 0 Å². The van der Waals surface area contributed by atoms with E-state index in [4.69, 9.17) is 4.74 Å². The maximum absolute atomic E-state index is 12.9. The number of rotatable bonds is 3. The van der Waals surface area contributed by atoms with Crippen LogP contribution in [0.3, 0.4) is 0 Å². The molecule has 0 aliphatic carbocycles. The Labute approximate surface area is 144 Å². The molecule has 0 bridgehead atoms. The van der Waals surface area contributed by atoms with Crippen molar-refractivity contribution >= 4 is 0 Å². The van der Waals surface area contributed by atoms with E-state index < -0.39 is 12.0 Å². The lowest BCUT2D eigenvalue weighted by Crippen LogP contribution is -2.28. The molecule has 0 spiro atoms. The summed E-state index contributed by atoms with van der Waals surface area (Å²) >= 11 is 0. The van der Waals surface area contributed by atoms with Crippen molar-refractivity contribution in [1.29, 1.82) is 0 Å². The molecule has 1 aliphatic rings. The van der Waals surface area contributed by atoms with E-state index in [0.29, 0.717) is 31.1 Å². The molecule has 1 aliphatic heterocycles. The van der Waals surface area contributed by atoms with Gasteiger partial charge in [-0.15, -0.1) is 0 Å². The Balaban J connectivity index is 1.76. The van der Waals surface area contributed by atoms with Gasteiger partial charge in [-0.05, 0) is 25.0 Å². The Morgan fingerprint density at radius 1 is 1.20 bits per heavy atom. The lowest BCUT2D eigenvalue weighted by molar-refractivity contribution is -0.145. The van der Waals surface area contributed by atoms with Gasteiger partial charge in [0.05, 0.1) is 11.8 Å². The predicted molar refractivity (Wildman–Crippen MR) is 86.8 cm³/mol. The van der Waals surface area contributed by atoms with Crippen LogP contribution in [0, 0.1) is 6.92 Å². The van der Waals surface area contributed by atoms with Gasteiger partial charge in [-0.3, -0.25) is 4.90 Å². The van der Waals surface area contributed by atoms with Crippen LogP contribution in [0.15, 0.2) is 36.4 Å². The number of aryl methyl sites for hydroxylation is 1. The summed E-state index contributed by atoms with van der Waals surface area (Å²) in [7, 11) is 0. The molecule has 0 saturated carbocycles. The molecule has 0 radical (unpaired) electrons. The van der Waals surface area contributed by atoms with Crippen LogP contribution in [-0.4, -0.2) is 34.6 Å². The molecule has 0 N–H and O–H groups in total. The second-order valence-electron chi connectivity index (χ2n) is 6.18. The van der Waals surface area contributed by atoms with Crippen LogP contribution in [0.4, 0.5) is 13.2 Å². The number of halogens is 3. The van der Waals surface area contributed by atoms with Crippen molar-refractivity contribution in [3.05, 3.63) is 59.2 Å². The lowest BCUT2D eigenvalue weighted by atomic mass is 10.1. The SMILES string of the molecule is Cc1cc(CN2CCCOC(c3ccccc3)C2)nc(C(F)(F)F)n1. The molecule has 25 heavy (non-hydrogen) atoms. The maximum Gasteiger partial charge on any atom is 0.451 e. The van der Waals surface area contributed by atoms with Gasteiger partial charge in [-0.25, -0.2) is 9.97 Å². The van der Waals surface area contributed by atoms with Crippen molar-refractivity contribution in [2.75, 3.05) is 19.7 Å². The predicted octanol–water partition coefficient (Wildman–Crippen LogP) is 3.77. The van der Waals surface area contributed by atoms with Gasteiger partial charge in [0.2, 0.25) is 5.82 Å². The van der Waals surface area contributed by atoms with Gasteiger partial charge in [0.25, 0.3) is 0 Å². The zero-order valence-electron chi connectivity index (χ0n) is 14.0. The summed E-state index contributed by atoms with van der Waals surface area (Å²) in [6, 6.07) is 11.5. The van der Waals surface area contributed by atoms with Crippen LogP contribution in [-0.2, 0) is 17.5 Å². The number of hydrogen-bond donors (Lipinski definition) is 0. The van der Waals surface area contributed by atoms with Crippen molar-refractivity contribution in [3.63, 3.8) is 0 Å². The molecule has 7 heteroatoms. The standard InChI is InChI=1S/C18H20F3N3O/c1-13-10-15(23-17(22-13)18(19,20)21)11-24-8-5-9-25-16(12-24)14-6-3-2-4-7-14/h2-4,6-7,10,16H,5,8-9,11-12H2,1H3. The minimum Gasteiger partial charge on any atom is -0.372 e. The van der Waals surface area contributed by atoms with Crippen molar-refractivity contribution in [3.8, 4) is 0 Å². The summed E-state index contributed by atoms with van der Waals surface area (Å²) in [5.41, 5.74) is 1.78. The highest BCUT2D eigenvalue weighted by Gasteiger charge is 2.35. The Hall–Kier alpha value is -1.99. The zero-order chi connectivity index (χ0) is 17.9. The summed E-state index contributed by atoms with van der Waals surface area (Å²) in [5.74, 6) is -1.08. The van der Waals surface area contributed by atoms with Crippen LogP contribution in [0.2, 0.25) is 0 Å². The molecule has 2 heterocycles. The first-order valence-electron chi connectivity index (χ1n) is 8.22. The average molecular weight is 351 g/mol. The highest BCUT2D eigenvalue weighted by atomic mass is 19.4. The van der Waals surface area contributed by atoms with E-state index in [-0.39, 0.29) is 6.10 Å². The van der Waals surface area contributed by atoms with Gasteiger partial charge in [0.15, 0.2) is 0 Å². The van der Waals surface area contributed by atoms with E-state index in [9.17, 15) is 13.2 Å². The molecule has 1 fully saturated rings. The molecular weight excluding hydrogens is 331 g/mol. The summed E-state index contributed by atoms with van der Waals surface area (Å²) in [5, 5.41) is 0. The van der Waals surface area contributed by atoms with E-state index in [1.807, 2.05) is 30.3 Å². The smallest absolute Gasteiger partial charge is 0.372 e. The van der Waals surface area contributed by atoms with Crippen LogP contribution in [0.1, 0.15) is 35.3 Å². The molecule has 134 valence electrons. The largest absolute Gasteiger partial charge is 0.451 e. The summed E-state index contributed by atoms with van der Waals surface area (Å²) in [6.07, 6.45) is -3.79. The van der Waals surface area contributed by atoms with Gasteiger partial charge in [-0.2, -0.15) is 13.2 Å². The van der Waals surface area contributed by atoms with Gasteiger partial charge in [0.1, 0.15) is 0 Å². The van der Waals surface area contributed by atoms with Crippen molar-refractivity contribution in [1.82, 2.24) is 14.9 Å². The van der Waals surface area contributed by atoms with Gasteiger partial charge >= 0.3 is 6.18 Å². The fourth-order valence-corrected chi connectivity index (χ4v) is 2.98. The first-order valence-corrected chi connectivity index (χ1v) is 8.22. The normalized spacial score (nSPS) is 19.6. The third kappa shape index (κ3) is 4.76. The van der Waals surface area contributed by atoms with E-state index >= 15 is 0 Å². The van der Waals surface area contributed by atoms with E-state index in [2.05, 4.69) is 14.9 Å². The molecule has 4 nitrogen and oxygen atoms in total. The topological polar surface area (TPSA) is 38.2 Å². The number of benzene rings is 1.